The van der Waals surface area contributed by atoms with E-state index in [0.717, 1.165) is 6.26 Å². The lowest BCUT2D eigenvalue weighted by molar-refractivity contribution is -0.127. The number of carbonyl (C=O) groups is 1. The van der Waals surface area contributed by atoms with Crippen LogP contribution < -0.4 is 14.4 Å². The molecule has 1 aromatic rings. The van der Waals surface area contributed by atoms with Gasteiger partial charge in [-0.25, -0.2) is 8.42 Å². The summed E-state index contributed by atoms with van der Waals surface area (Å²) in [5, 5.41) is 0. The number of nitrogens with one attached hydrogen (secondary N) is 1. The molecule has 7 heteroatoms. The van der Waals surface area contributed by atoms with Crippen molar-refractivity contribution in [2.24, 2.45) is 5.41 Å². The zero-order valence-electron chi connectivity index (χ0n) is 12.6. The number of amides is 1. The molecule has 0 atom stereocenters. The SMILES string of the molecule is CCN1C(=O)C(C)(C)COc2ccc(NS(C)(=O)=O)cc21. The Morgan fingerprint density at radius 3 is 2.62 bits per heavy atom. The molecule has 0 fully saturated rings. The van der Waals surface area contributed by atoms with E-state index in [0.29, 0.717) is 23.7 Å². The number of nitrogens with zero attached hydrogens (tertiary/aromatic N) is 1. The van der Waals surface area contributed by atoms with Crippen molar-refractivity contribution in [3.63, 3.8) is 0 Å². The van der Waals surface area contributed by atoms with Crippen LogP contribution in [0.15, 0.2) is 18.2 Å². The predicted molar refractivity (Wildman–Crippen MR) is 82.2 cm³/mol. The van der Waals surface area contributed by atoms with Crippen molar-refractivity contribution >= 4 is 27.3 Å². The number of rotatable bonds is 3. The van der Waals surface area contributed by atoms with Crippen LogP contribution in [-0.2, 0) is 14.8 Å². The van der Waals surface area contributed by atoms with E-state index in [1.165, 1.54) is 0 Å². The molecule has 0 saturated carbocycles. The van der Waals surface area contributed by atoms with Crippen LogP contribution in [0.25, 0.3) is 0 Å². The summed E-state index contributed by atoms with van der Waals surface area (Å²) in [6.07, 6.45) is 1.08. The van der Waals surface area contributed by atoms with Gasteiger partial charge in [0.25, 0.3) is 0 Å². The van der Waals surface area contributed by atoms with Gasteiger partial charge in [-0.1, -0.05) is 0 Å². The molecule has 1 heterocycles. The number of ether oxygens (including phenoxy) is 1. The standard InChI is InChI=1S/C14H20N2O4S/c1-5-16-11-8-10(15-21(4,18)19)6-7-12(11)20-9-14(2,3)13(16)17/h6-8,15H,5,9H2,1-4H3. The highest BCUT2D eigenvalue weighted by Crippen LogP contribution is 2.38. The predicted octanol–water partition coefficient (Wildman–Crippen LogP) is 1.83. The molecule has 0 aromatic heterocycles. The number of benzene rings is 1. The van der Waals surface area contributed by atoms with E-state index in [-0.39, 0.29) is 12.5 Å². The summed E-state index contributed by atoms with van der Waals surface area (Å²) in [6.45, 7) is 6.31. The molecule has 1 aliphatic rings. The molecule has 0 saturated heterocycles. The average molecular weight is 312 g/mol. The van der Waals surface area contributed by atoms with Crippen LogP contribution in [0.2, 0.25) is 0 Å². The molecule has 0 spiro atoms. The van der Waals surface area contributed by atoms with Crippen LogP contribution in [0.3, 0.4) is 0 Å². The average Bonchev–Trinajstić information content (AvgIpc) is 2.44. The number of sulfonamides is 1. The van der Waals surface area contributed by atoms with Gasteiger partial charge in [-0.2, -0.15) is 0 Å². The van der Waals surface area contributed by atoms with Gasteiger partial charge in [0.05, 0.1) is 23.0 Å². The van der Waals surface area contributed by atoms with Gasteiger partial charge in [-0.05, 0) is 39.0 Å². The van der Waals surface area contributed by atoms with Gasteiger partial charge in [-0.3, -0.25) is 9.52 Å². The molecule has 0 unspecified atom stereocenters. The van der Waals surface area contributed by atoms with Gasteiger partial charge in [-0.15, -0.1) is 0 Å². The minimum absolute atomic E-state index is 0.0414. The first-order valence-corrected chi connectivity index (χ1v) is 8.60. The molecule has 116 valence electrons. The molecular weight excluding hydrogens is 292 g/mol. The summed E-state index contributed by atoms with van der Waals surface area (Å²) in [7, 11) is -3.37. The second-order valence-corrected chi connectivity index (χ2v) is 7.53. The van der Waals surface area contributed by atoms with Crippen molar-refractivity contribution < 1.29 is 17.9 Å². The molecule has 1 aliphatic heterocycles. The quantitative estimate of drug-likeness (QED) is 0.924. The van der Waals surface area contributed by atoms with E-state index < -0.39 is 15.4 Å². The molecule has 0 radical (unpaired) electrons. The maximum absolute atomic E-state index is 12.6. The fraction of sp³-hybridized carbons (Fsp3) is 0.500. The molecule has 2 rings (SSSR count). The zero-order chi connectivity index (χ0) is 15.8. The Balaban J connectivity index is 2.49. The largest absolute Gasteiger partial charge is 0.490 e. The summed E-state index contributed by atoms with van der Waals surface area (Å²) in [4.78, 5) is 14.2. The third kappa shape index (κ3) is 3.29. The number of anilines is 2. The fourth-order valence-electron chi connectivity index (χ4n) is 2.24. The second-order valence-electron chi connectivity index (χ2n) is 5.78. The number of hydrogen-bond donors (Lipinski definition) is 1. The Kier molecular flexibility index (Phi) is 3.88. The monoisotopic (exact) mass is 312 g/mol. The van der Waals surface area contributed by atoms with E-state index in [1.54, 1.807) is 23.1 Å². The summed E-state index contributed by atoms with van der Waals surface area (Å²) in [6, 6.07) is 4.93. The lowest BCUT2D eigenvalue weighted by Gasteiger charge is -2.27. The lowest BCUT2D eigenvalue weighted by atomic mass is 9.93. The molecule has 0 bridgehead atoms. The van der Waals surface area contributed by atoms with Gasteiger partial charge < -0.3 is 9.64 Å². The third-order valence-corrected chi connectivity index (χ3v) is 3.89. The van der Waals surface area contributed by atoms with Gasteiger partial charge in [0.2, 0.25) is 15.9 Å². The third-order valence-electron chi connectivity index (χ3n) is 3.28. The van der Waals surface area contributed by atoms with E-state index in [2.05, 4.69) is 4.72 Å². The van der Waals surface area contributed by atoms with Gasteiger partial charge in [0.1, 0.15) is 12.4 Å². The van der Waals surface area contributed by atoms with Crippen molar-refractivity contribution in [1.82, 2.24) is 0 Å². The first-order valence-electron chi connectivity index (χ1n) is 6.70. The van der Waals surface area contributed by atoms with Crippen LogP contribution in [0, 0.1) is 5.41 Å². The van der Waals surface area contributed by atoms with E-state index in [1.807, 2.05) is 20.8 Å². The Labute approximate surface area is 125 Å². The second kappa shape index (κ2) is 5.22. The number of fused-ring (bicyclic) bond motifs is 1. The fourth-order valence-corrected chi connectivity index (χ4v) is 2.79. The van der Waals surface area contributed by atoms with E-state index in [4.69, 9.17) is 4.74 Å². The molecule has 1 N–H and O–H groups in total. The highest BCUT2D eigenvalue weighted by molar-refractivity contribution is 7.92. The van der Waals surface area contributed by atoms with Crippen LogP contribution in [0.5, 0.6) is 5.75 Å². The highest BCUT2D eigenvalue weighted by atomic mass is 32.2. The van der Waals surface area contributed by atoms with Crippen molar-refractivity contribution in [3.05, 3.63) is 18.2 Å². The Hall–Kier alpha value is -1.76. The van der Waals surface area contributed by atoms with Crippen LogP contribution in [0.1, 0.15) is 20.8 Å². The van der Waals surface area contributed by atoms with Crippen molar-refractivity contribution in [2.45, 2.75) is 20.8 Å². The van der Waals surface area contributed by atoms with Crippen LogP contribution in [0.4, 0.5) is 11.4 Å². The Bertz CT molecular complexity index is 668. The smallest absolute Gasteiger partial charge is 0.236 e. The molecule has 21 heavy (non-hydrogen) atoms. The van der Waals surface area contributed by atoms with Crippen molar-refractivity contribution in [1.29, 1.82) is 0 Å². The minimum atomic E-state index is -3.37. The Morgan fingerprint density at radius 1 is 1.38 bits per heavy atom. The van der Waals surface area contributed by atoms with Gasteiger partial charge in [0.15, 0.2) is 0 Å². The summed E-state index contributed by atoms with van der Waals surface area (Å²) in [5.74, 6) is 0.537. The first kappa shape index (κ1) is 15.6. The first-order chi connectivity index (χ1) is 9.64. The van der Waals surface area contributed by atoms with E-state index in [9.17, 15) is 13.2 Å². The normalized spacial score (nSPS) is 17.7. The summed E-state index contributed by atoms with van der Waals surface area (Å²) in [5.41, 5.74) is 0.368. The molecule has 1 amide bonds. The number of hydrogen-bond acceptors (Lipinski definition) is 4. The van der Waals surface area contributed by atoms with Gasteiger partial charge >= 0.3 is 0 Å². The summed E-state index contributed by atoms with van der Waals surface area (Å²) >= 11 is 0. The van der Waals surface area contributed by atoms with Crippen LogP contribution >= 0.6 is 0 Å². The maximum Gasteiger partial charge on any atom is 0.236 e. The molecule has 6 nitrogen and oxygen atoms in total. The van der Waals surface area contributed by atoms with Crippen molar-refractivity contribution in [2.75, 3.05) is 29.0 Å². The zero-order valence-corrected chi connectivity index (χ0v) is 13.5. The number of carbonyl (C=O) groups excluding carboxylic acids is 1. The van der Waals surface area contributed by atoms with Gasteiger partial charge in [0, 0.05) is 6.54 Å². The van der Waals surface area contributed by atoms with E-state index >= 15 is 0 Å². The maximum atomic E-state index is 12.6. The highest BCUT2D eigenvalue weighted by Gasteiger charge is 2.37. The molecule has 1 aromatic carbocycles. The topological polar surface area (TPSA) is 75.7 Å². The summed E-state index contributed by atoms with van der Waals surface area (Å²) < 4.78 is 30.8. The lowest BCUT2D eigenvalue weighted by Crippen LogP contribution is -2.42. The van der Waals surface area contributed by atoms with Crippen LogP contribution in [-0.4, -0.2) is 33.7 Å². The molecular formula is C14H20N2O4S. The minimum Gasteiger partial charge on any atom is -0.490 e. The molecule has 0 aliphatic carbocycles. The Morgan fingerprint density at radius 2 is 2.05 bits per heavy atom. The van der Waals surface area contributed by atoms with Crippen molar-refractivity contribution in [3.8, 4) is 5.75 Å².